The van der Waals surface area contributed by atoms with Crippen LogP contribution in [0.1, 0.15) is 19.8 Å². The van der Waals surface area contributed by atoms with Crippen LogP contribution in [0.4, 0.5) is 0 Å². The van der Waals surface area contributed by atoms with Gasteiger partial charge in [-0.1, -0.05) is 13.5 Å². The molecule has 0 radical (unpaired) electrons. The summed E-state index contributed by atoms with van der Waals surface area (Å²) in [7, 11) is -3.05. The number of sulfone groups is 1. The summed E-state index contributed by atoms with van der Waals surface area (Å²) in [4.78, 5) is 21.9. The highest BCUT2D eigenvalue weighted by Crippen LogP contribution is 1.92. The molecule has 16 heavy (non-hydrogen) atoms. The second-order valence-electron chi connectivity index (χ2n) is 3.26. The molecule has 6 heteroatoms. The first-order valence-electron chi connectivity index (χ1n) is 5.03. The van der Waals surface area contributed by atoms with E-state index in [0.717, 1.165) is 6.08 Å². The fourth-order valence-corrected chi connectivity index (χ4v) is 1.62. The van der Waals surface area contributed by atoms with E-state index in [9.17, 15) is 18.0 Å². The van der Waals surface area contributed by atoms with Gasteiger partial charge in [0, 0.05) is 25.1 Å². The average Bonchev–Trinajstić information content (AvgIpc) is 2.25. The molecule has 0 aliphatic carbocycles. The molecule has 0 unspecified atom stereocenters. The van der Waals surface area contributed by atoms with Crippen molar-refractivity contribution >= 4 is 21.5 Å². The quantitative estimate of drug-likeness (QED) is 0.616. The summed E-state index contributed by atoms with van der Waals surface area (Å²) in [5, 5.41) is 2.45. The van der Waals surface area contributed by atoms with Crippen molar-refractivity contribution < 1.29 is 18.0 Å². The molecule has 1 amide bonds. The van der Waals surface area contributed by atoms with E-state index in [2.05, 4.69) is 11.9 Å². The lowest BCUT2D eigenvalue weighted by atomic mass is 10.2. The molecule has 5 nitrogen and oxygen atoms in total. The molecule has 0 aliphatic rings. The Morgan fingerprint density at radius 1 is 1.31 bits per heavy atom. The van der Waals surface area contributed by atoms with Gasteiger partial charge in [0.25, 0.3) is 0 Å². The van der Waals surface area contributed by atoms with Gasteiger partial charge < -0.3 is 5.32 Å². The third-order valence-corrected chi connectivity index (χ3v) is 3.71. The summed E-state index contributed by atoms with van der Waals surface area (Å²) in [5.74, 6) is -0.513. The summed E-state index contributed by atoms with van der Waals surface area (Å²) >= 11 is 0. The van der Waals surface area contributed by atoms with Gasteiger partial charge in [-0.05, 0) is 6.08 Å². The zero-order valence-electron chi connectivity index (χ0n) is 9.36. The van der Waals surface area contributed by atoms with Gasteiger partial charge >= 0.3 is 0 Å². The Balaban J connectivity index is 3.75. The number of hydrogen-bond acceptors (Lipinski definition) is 4. The molecule has 0 bridgehead atoms. The van der Waals surface area contributed by atoms with E-state index in [1.807, 2.05) is 0 Å². The minimum atomic E-state index is -3.05. The maximum absolute atomic E-state index is 11.1. The van der Waals surface area contributed by atoms with E-state index in [0.29, 0.717) is 0 Å². The van der Waals surface area contributed by atoms with Crippen molar-refractivity contribution in [1.29, 1.82) is 0 Å². The third kappa shape index (κ3) is 7.17. The number of allylic oxidation sites excluding steroid dienone is 1. The fourth-order valence-electron chi connectivity index (χ4n) is 0.917. The molecule has 0 aromatic carbocycles. The Labute approximate surface area is 95.8 Å². The summed E-state index contributed by atoms with van der Waals surface area (Å²) in [5.41, 5.74) is 0. The number of amides is 1. The molecular formula is C10H17NO4S. The molecule has 0 atom stereocenters. The van der Waals surface area contributed by atoms with Gasteiger partial charge in [-0.25, -0.2) is 8.42 Å². The highest BCUT2D eigenvalue weighted by atomic mass is 32.2. The minimum absolute atomic E-state index is 0.0648. The number of rotatable bonds is 8. The second kappa shape index (κ2) is 7.16. The SMILES string of the molecule is C=CC(=O)CCC(=O)NCCS(=O)(=O)CC. The van der Waals surface area contributed by atoms with E-state index in [1.165, 1.54) is 0 Å². The minimum Gasteiger partial charge on any atom is -0.355 e. The van der Waals surface area contributed by atoms with Gasteiger partial charge in [-0.3, -0.25) is 9.59 Å². The molecule has 0 aromatic rings. The van der Waals surface area contributed by atoms with Crippen LogP contribution in [0, 0.1) is 0 Å². The van der Waals surface area contributed by atoms with Crippen molar-refractivity contribution in [2.45, 2.75) is 19.8 Å². The van der Waals surface area contributed by atoms with Gasteiger partial charge in [0.05, 0.1) is 5.75 Å². The van der Waals surface area contributed by atoms with Gasteiger partial charge in [-0.15, -0.1) is 0 Å². The molecule has 1 N–H and O–H groups in total. The molecule has 0 aliphatic heterocycles. The van der Waals surface area contributed by atoms with Crippen molar-refractivity contribution in [1.82, 2.24) is 5.32 Å². The monoisotopic (exact) mass is 247 g/mol. The first kappa shape index (κ1) is 14.8. The second-order valence-corrected chi connectivity index (χ2v) is 5.73. The van der Waals surface area contributed by atoms with Crippen LogP contribution >= 0.6 is 0 Å². The van der Waals surface area contributed by atoms with Crippen molar-refractivity contribution in [3.8, 4) is 0 Å². The Morgan fingerprint density at radius 2 is 1.94 bits per heavy atom. The molecule has 0 aromatic heterocycles. The summed E-state index contributed by atoms with van der Waals surface area (Å²) < 4.78 is 22.1. The topological polar surface area (TPSA) is 80.3 Å². The summed E-state index contributed by atoms with van der Waals surface area (Å²) in [6, 6.07) is 0. The zero-order valence-corrected chi connectivity index (χ0v) is 10.2. The highest BCUT2D eigenvalue weighted by molar-refractivity contribution is 7.91. The lowest BCUT2D eigenvalue weighted by molar-refractivity contribution is -0.123. The zero-order chi connectivity index (χ0) is 12.6. The average molecular weight is 247 g/mol. The van der Waals surface area contributed by atoms with Crippen LogP contribution in [0.25, 0.3) is 0 Å². The van der Waals surface area contributed by atoms with Crippen LogP contribution in [0.15, 0.2) is 12.7 Å². The van der Waals surface area contributed by atoms with Crippen molar-refractivity contribution in [3.05, 3.63) is 12.7 Å². The lowest BCUT2D eigenvalue weighted by Gasteiger charge is -2.04. The van der Waals surface area contributed by atoms with Crippen LogP contribution in [-0.2, 0) is 19.4 Å². The van der Waals surface area contributed by atoms with Gasteiger partial charge in [0.15, 0.2) is 15.6 Å². The number of carbonyl (C=O) groups is 2. The van der Waals surface area contributed by atoms with Gasteiger partial charge in [0.1, 0.15) is 0 Å². The Morgan fingerprint density at radius 3 is 2.44 bits per heavy atom. The molecular weight excluding hydrogens is 230 g/mol. The van der Waals surface area contributed by atoms with E-state index >= 15 is 0 Å². The number of nitrogens with one attached hydrogen (secondary N) is 1. The van der Waals surface area contributed by atoms with Crippen LogP contribution in [0.5, 0.6) is 0 Å². The number of ketones is 1. The van der Waals surface area contributed by atoms with E-state index in [-0.39, 0.29) is 42.6 Å². The first-order valence-corrected chi connectivity index (χ1v) is 6.85. The third-order valence-electron chi connectivity index (χ3n) is 2.00. The molecule has 0 saturated heterocycles. The molecule has 0 spiro atoms. The molecule has 0 saturated carbocycles. The molecule has 0 rings (SSSR count). The normalized spacial score (nSPS) is 10.8. The maximum Gasteiger partial charge on any atom is 0.220 e. The number of hydrogen-bond donors (Lipinski definition) is 1. The highest BCUT2D eigenvalue weighted by Gasteiger charge is 2.08. The van der Waals surface area contributed by atoms with Gasteiger partial charge in [-0.2, -0.15) is 0 Å². The van der Waals surface area contributed by atoms with E-state index in [1.54, 1.807) is 6.92 Å². The first-order chi connectivity index (χ1) is 7.41. The standard InChI is InChI=1S/C10H17NO4S/c1-3-9(12)5-6-10(13)11-7-8-16(14,15)4-2/h3H,1,4-8H2,2H3,(H,11,13). The molecule has 92 valence electrons. The summed E-state index contributed by atoms with van der Waals surface area (Å²) in [6.45, 7) is 4.93. The van der Waals surface area contributed by atoms with E-state index < -0.39 is 9.84 Å². The van der Waals surface area contributed by atoms with Crippen molar-refractivity contribution in [2.75, 3.05) is 18.1 Å². The lowest BCUT2D eigenvalue weighted by Crippen LogP contribution is -2.29. The maximum atomic E-state index is 11.1. The van der Waals surface area contributed by atoms with Crippen LogP contribution in [0.2, 0.25) is 0 Å². The van der Waals surface area contributed by atoms with E-state index in [4.69, 9.17) is 0 Å². The molecule has 0 fully saturated rings. The fraction of sp³-hybridized carbons (Fsp3) is 0.600. The smallest absolute Gasteiger partial charge is 0.220 e. The Hall–Kier alpha value is -1.17. The summed E-state index contributed by atoms with van der Waals surface area (Å²) in [6.07, 6.45) is 1.34. The Kier molecular flexibility index (Phi) is 6.64. The predicted molar refractivity (Wildman–Crippen MR) is 61.8 cm³/mol. The largest absolute Gasteiger partial charge is 0.355 e. The van der Waals surface area contributed by atoms with Gasteiger partial charge in [0.2, 0.25) is 5.91 Å². The van der Waals surface area contributed by atoms with Crippen molar-refractivity contribution in [3.63, 3.8) is 0 Å². The predicted octanol–water partition coefficient (Wildman–Crippen LogP) is 0.0726. The molecule has 0 heterocycles. The van der Waals surface area contributed by atoms with Crippen molar-refractivity contribution in [2.24, 2.45) is 0 Å². The van der Waals surface area contributed by atoms with Crippen LogP contribution < -0.4 is 5.32 Å². The Bertz CT molecular complexity index is 359. The van der Waals surface area contributed by atoms with Crippen LogP contribution in [0.3, 0.4) is 0 Å². The van der Waals surface area contributed by atoms with Crippen LogP contribution in [-0.4, -0.2) is 38.2 Å². The number of carbonyl (C=O) groups excluding carboxylic acids is 2.